The van der Waals surface area contributed by atoms with E-state index in [1.165, 1.54) is 5.51 Å². The van der Waals surface area contributed by atoms with E-state index in [0.29, 0.717) is 12.2 Å². The summed E-state index contributed by atoms with van der Waals surface area (Å²) in [5, 5.41) is 12.5. The monoisotopic (exact) mass is 339 g/mol. The topological polar surface area (TPSA) is 99.6 Å². The lowest BCUT2D eigenvalue weighted by atomic mass is 10.1. The Morgan fingerprint density at radius 1 is 1.36 bits per heavy atom. The number of carboxylic acid groups (broad SMARTS) is 1. The van der Waals surface area contributed by atoms with E-state index in [1.807, 2.05) is 6.07 Å². The molecule has 0 aliphatic carbocycles. The number of hydrogen-bond donors (Lipinski definition) is 2. The Labute approximate surface area is 131 Å². The van der Waals surface area contributed by atoms with Crippen LogP contribution in [0.2, 0.25) is 0 Å². The maximum atomic E-state index is 12.2. The van der Waals surface area contributed by atoms with E-state index in [1.54, 1.807) is 12.1 Å². The molecule has 0 saturated carbocycles. The standard InChI is InChI=1S/C13H13N3O4S2/c1-22(19,20)16(12-11(13(17)18)15-7-21-12)10-3-2-8-5-14-6-9(8)4-10/h2-4,7,14H,5-6H2,1H3,(H,17,18). The van der Waals surface area contributed by atoms with Crippen molar-refractivity contribution in [2.75, 3.05) is 10.6 Å². The Bertz CT molecular complexity index is 845. The van der Waals surface area contributed by atoms with Crippen LogP contribution in [0.25, 0.3) is 0 Å². The predicted octanol–water partition coefficient (Wildman–Crippen LogP) is 1.54. The van der Waals surface area contributed by atoms with Gasteiger partial charge in [0.15, 0.2) is 5.69 Å². The summed E-state index contributed by atoms with van der Waals surface area (Å²) >= 11 is 0.980. The van der Waals surface area contributed by atoms with Crippen LogP contribution in [0.3, 0.4) is 0 Å². The molecule has 0 bridgehead atoms. The molecule has 2 N–H and O–H groups in total. The van der Waals surface area contributed by atoms with Crippen LogP contribution in [0, 0.1) is 0 Å². The highest BCUT2D eigenvalue weighted by atomic mass is 32.2. The highest BCUT2D eigenvalue weighted by Gasteiger charge is 2.28. The van der Waals surface area contributed by atoms with Gasteiger partial charge in [0.2, 0.25) is 10.0 Å². The Kier molecular flexibility index (Phi) is 3.63. The zero-order valence-electron chi connectivity index (χ0n) is 11.6. The SMILES string of the molecule is CS(=O)(=O)N(c1ccc2c(c1)CNC2)c1scnc1C(=O)O. The zero-order valence-corrected chi connectivity index (χ0v) is 13.2. The summed E-state index contributed by atoms with van der Waals surface area (Å²) in [6.45, 7) is 1.41. The fraction of sp³-hybridized carbons (Fsp3) is 0.231. The molecule has 0 amide bonds. The molecular weight excluding hydrogens is 326 g/mol. The summed E-state index contributed by atoms with van der Waals surface area (Å²) in [7, 11) is -3.69. The number of benzene rings is 1. The summed E-state index contributed by atoms with van der Waals surface area (Å²) in [5.74, 6) is -1.26. The Morgan fingerprint density at radius 2 is 2.09 bits per heavy atom. The van der Waals surface area contributed by atoms with Gasteiger partial charge in [-0.3, -0.25) is 0 Å². The molecule has 0 unspecified atom stereocenters. The lowest BCUT2D eigenvalue weighted by Crippen LogP contribution is -2.25. The van der Waals surface area contributed by atoms with Crippen LogP contribution >= 0.6 is 11.3 Å². The highest BCUT2D eigenvalue weighted by Crippen LogP contribution is 2.36. The van der Waals surface area contributed by atoms with Gasteiger partial charge in [-0.1, -0.05) is 6.07 Å². The van der Waals surface area contributed by atoms with Crippen molar-refractivity contribution in [1.82, 2.24) is 10.3 Å². The van der Waals surface area contributed by atoms with Crippen molar-refractivity contribution in [1.29, 1.82) is 0 Å². The number of thiazole rings is 1. The van der Waals surface area contributed by atoms with E-state index in [2.05, 4.69) is 10.3 Å². The van der Waals surface area contributed by atoms with Gasteiger partial charge >= 0.3 is 5.97 Å². The second-order valence-corrected chi connectivity index (χ2v) is 7.56. The second-order valence-electron chi connectivity index (χ2n) is 4.90. The molecule has 1 aliphatic heterocycles. The normalized spacial score (nSPS) is 13.9. The number of carbonyl (C=O) groups is 1. The third-order valence-electron chi connectivity index (χ3n) is 3.32. The summed E-state index contributed by atoms with van der Waals surface area (Å²) in [6, 6.07) is 5.30. The molecule has 3 rings (SSSR count). The fourth-order valence-corrected chi connectivity index (χ4v) is 4.53. The molecule has 1 aliphatic rings. The lowest BCUT2D eigenvalue weighted by Gasteiger charge is -2.21. The first-order chi connectivity index (χ1) is 10.4. The van der Waals surface area contributed by atoms with Crippen molar-refractivity contribution in [3.8, 4) is 0 Å². The summed E-state index contributed by atoms with van der Waals surface area (Å²) in [4.78, 5) is 15.0. The molecule has 1 aromatic heterocycles. The number of aromatic carboxylic acids is 1. The minimum Gasteiger partial charge on any atom is -0.476 e. The predicted molar refractivity (Wildman–Crippen MR) is 83.0 cm³/mol. The first-order valence-corrected chi connectivity index (χ1v) is 9.10. The van der Waals surface area contributed by atoms with Crippen LogP contribution in [0.1, 0.15) is 21.6 Å². The first kappa shape index (κ1) is 14.9. The minimum absolute atomic E-state index is 0.0842. The van der Waals surface area contributed by atoms with E-state index in [-0.39, 0.29) is 10.7 Å². The summed E-state index contributed by atoms with van der Waals surface area (Å²) in [6.07, 6.45) is 1.05. The molecule has 1 aromatic carbocycles. The average molecular weight is 339 g/mol. The van der Waals surface area contributed by atoms with E-state index < -0.39 is 16.0 Å². The van der Waals surface area contributed by atoms with E-state index >= 15 is 0 Å². The Hall–Kier alpha value is -1.97. The lowest BCUT2D eigenvalue weighted by molar-refractivity contribution is 0.0692. The molecule has 0 radical (unpaired) electrons. The van der Waals surface area contributed by atoms with Crippen LogP contribution in [0.4, 0.5) is 10.7 Å². The van der Waals surface area contributed by atoms with Crippen molar-refractivity contribution >= 4 is 38.0 Å². The van der Waals surface area contributed by atoms with Crippen molar-refractivity contribution in [2.45, 2.75) is 13.1 Å². The molecule has 0 saturated heterocycles. The number of fused-ring (bicyclic) bond motifs is 1. The average Bonchev–Trinajstić information content (AvgIpc) is 3.05. The number of hydrogen-bond acceptors (Lipinski definition) is 6. The van der Waals surface area contributed by atoms with Gasteiger partial charge in [0.25, 0.3) is 0 Å². The molecule has 0 fully saturated rings. The number of anilines is 2. The van der Waals surface area contributed by atoms with Crippen molar-refractivity contribution < 1.29 is 18.3 Å². The zero-order chi connectivity index (χ0) is 15.9. The van der Waals surface area contributed by atoms with Gasteiger partial charge < -0.3 is 10.4 Å². The number of aromatic nitrogens is 1. The van der Waals surface area contributed by atoms with Gasteiger partial charge in [0, 0.05) is 13.1 Å². The van der Waals surface area contributed by atoms with Gasteiger partial charge in [-0.15, -0.1) is 11.3 Å². The largest absolute Gasteiger partial charge is 0.476 e. The number of rotatable bonds is 4. The first-order valence-electron chi connectivity index (χ1n) is 6.37. The molecule has 0 spiro atoms. The maximum absolute atomic E-state index is 12.2. The van der Waals surface area contributed by atoms with Crippen LogP contribution < -0.4 is 9.62 Å². The van der Waals surface area contributed by atoms with Gasteiger partial charge in [-0.05, 0) is 23.3 Å². The second kappa shape index (κ2) is 5.34. The number of sulfonamides is 1. The van der Waals surface area contributed by atoms with Crippen LogP contribution in [-0.4, -0.2) is 30.7 Å². The highest BCUT2D eigenvalue weighted by molar-refractivity contribution is 7.92. The molecule has 22 heavy (non-hydrogen) atoms. The quantitative estimate of drug-likeness (QED) is 0.876. The molecule has 2 heterocycles. The number of nitrogens with one attached hydrogen (secondary N) is 1. The maximum Gasteiger partial charge on any atom is 0.357 e. The van der Waals surface area contributed by atoms with Crippen LogP contribution in [0.15, 0.2) is 23.7 Å². The van der Waals surface area contributed by atoms with E-state index in [4.69, 9.17) is 0 Å². The van der Waals surface area contributed by atoms with E-state index in [0.717, 1.165) is 39.6 Å². The fourth-order valence-electron chi connectivity index (χ4n) is 2.40. The van der Waals surface area contributed by atoms with Gasteiger partial charge in [0.05, 0.1) is 17.5 Å². The van der Waals surface area contributed by atoms with Crippen LogP contribution in [-0.2, 0) is 23.1 Å². The summed E-state index contributed by atoms with van der Waals surface area (Å²) < 4.78 is 25.4. The van der Waals surface area contributed by atoms with E-state index in [9.17, 15) is 18.3 Å². The van der Waals surface area contributed by atoms with Gasteiger partial charge in [0.1, 0.15) is 5.00 Å². The van der Waals surface area contributed by atoms with Crippen molar-refractivity contribution in [2.24, 2.45) is 0 Å². The number of nitrogens with zero attached hydrogens (tertiary/aromatic N) is 2. The molecule has 116 valence electrons. The third-order valence-corrected chi connectivity index (χ3v) is 5.30. The smallest absolute Gasteiger partial charge is 0.357 e. The molecule has 0 atom stereocenters. The Morgan fingerprint density at radius 3 is 2.77 bits per heavy atom. The number of carboxylic acids is 1. The van der Waals surface area contributed by atoms with Crippen molar-refractivity contribution in [3.63, 3.8) is 0 Å². The minimum atomic E-state index is -3.69. The van der Waals surface area contributed by atoms with Gasteiger partial charge in [-0.2, -0.15) is 0 Å². The molecule has 9 heteroatoms. The van der Waals surface area contributed by atoms with Crippen LogP contribution in [0.5, 0.6) is 0 Å². The Balaban J connectivity index is 2.16. The van der Waals surface area contributed by atoms with Gasteiger partial charge in [-0.25, -0.2) is 22.5 Å². The third kappa shape index (κ3) is 2.58. The summed E-state index contributed by atoms with van der Waals surface area (Å²) in [5.41, 5.74) is 3.59. The van der Waals surface area contributed by atoms with Crippen molar-refractivity contribution in [3.05, 3.63) is 40.5 Å². The molecule has 2 aromatic rings. The molecular formula is C13H13N3O4S2. The molecule has 7 nitrogen and oxygen atoms in total.